The van der Waals surface area contributed by atoms with Gasteiger partial charge < -0.3 is 9.73 Å². The van der Waals surface area contributed by atoms with E-state index in [9.17, 15) is 0 Å². The maximum atomic E-state index is 5.18. The van der Waals surface area contributed by atoms with Crippen molar-refractivity contribution < 1.29 is 4.42 Å². The van der Waals surface area contributed by atoms with Gasteiger partial charge in [-0.05, 0) is 40.2 Å². The Morgan fingerprint density at radius 3 is 2.93 bits per heavy atom. The molecule has 14 heavy (non-hydrogen) atoms. The summed E-state index contributed by atoms with van der Waals surface area (Å²) < 4.78 is 6.15. The van der Waals surface area contributed by atoms with E-state index in [0.717, 1.165) is 16.1 Å². The molecule has 0 spiro atoms. The number of halogens is 1. The monoisotopic (exact) mass is 252 g/mol. The van der Waals surface area contributed by atoms with Gasteiger partial charge in [0, 0.05) is 10.7 Å². The Morgan fingerprint density at radius 1 is 1.36 bits per heavy atom. The van der Waals surface area contributed by atoms with Crippen LogP contribution in [-0.2, 0) is 6.54 Å². The van der Waals surface area contributed by atoms with Crippen molar-refractivity contribution in [2.24, 2.45) is 0 Å². The molecule has 0 unspecified atom stereocenters. The van der Waals surface area contributed by atoms with Gasteiger partial charge in [0.2, 0.25) is 0 Å². The lowest BCUT2D eigenvalue weighted by molar-refractivity contribution is 0.518. The average molecular weight is 253 g/mol. The molecule has 0 aliphatic carbocycles. The van der Waals surface area contributed by atoms with E-state index >= 15 is 0 Å². The number of rotatable bonds is 3. The summed E-state index contributed by atoms with van der Waals surface area (Å²) in [4.78, 5) is 4.18. The van der Waals surface area contributed by atoms with Gasteiger partial charge in [-0.1, -0.05) is 0 Å². The van der Waals surface area contributed by atoms with Gasteiger partial charge in [0.25, 0.3) is 0 Å². The van der Waals surface area contributed by atoms with Crippen LogP contribution in [0.5, 0.6) is 0 Å². The number of nitrogens with zero attached hydrogens (tertiary/aromatic N) is 1. The molecule has 0 bridgehead atoms. The number of hydrogen-bond acceptors (Lipinski definition) is 3. The average Bonchev–Trinajstić information content (AvgIpc) is 2.70. The van der Waals surface area contributed by atoms with Gasteiger partial charge >= 0.3 is 0 Å². The molecule has 0 atom stereocenters. The molecule has 0 radical (unpaired) electrons. The third kappa shape index (κ3) is 2.35. The number of furan rings is 1. The van der Waals surface area contributed by atoms with Gasteiger partial charge in [0.15, 0.2) is 0 Å². The molecule has 72 valence electrons. The lowest BCUT2D eigenvalue weighted by Gasteiger charge is -2.02. The molecule has 2 aromatic rings. The van der Waals surface area contributed by atoms with Crippen LogP contribution in [0.1, 0.15) is 5.76 Å². The summed E-state index contributed by atoms with van der Waals surface area (Å²) >= 11 is 3.33. The molecular formula is C10H9BrN2O. The second kappa shape index (κ2) is 4.28. The maximum absolute atomic E-state index is 5.18. The molecule has 1 N–H and O–H groups in total. The zero-order valence-corrected chi connectivity index (χ0v) is 8.99. The minimum atomic E-state index is 0.654. The molecular weight excluding hydrogens is 244 g/mol. The summed E-state index contributed by atoms with van der Waals surface area (Å²) in [7, 11) is 0. The molecule has 0 amide bonds. The minimum Gasteiger partial charge on any atom is -0.467 e. The van der Waals surface area contributed by atoms with E-state index in [1.165, 1.54) is 0 Å². The summed E-state index contributed by atoms with van der Waals surface area (Å²) in [6.07, 6.45) is 3.41. The van der Waals surface area contributed by atoms with Gasteiger partial charge in [-0.25, -0.2) is 4.98 Å². The predicted molar refractivity (Wildman–Crippen MR) is 58.0 cm³/mol. The fourth-order valence-electron chi connectivity index (χ4n) is 1.07. The van der Waals surface area contributed by atoms with Crippen LogP contribution in [-0.4, -0.2) is 4.98 Å². The van der Waals surface area contributed by atoms with Crippen LogP contribution < -0.4 is 5.32 Å². The third-order valence-corrected chi connectivity index (χ3v) is 2.22. The van der Waals surface area contributed by atoms with Crippen LogP contribution in [0.2, 0.25) is 0 Å². The molecule has 2 rings (SSSR count). The van der Waals surface area contributed by atoms with Crippen molar-refractivity contribution in [1.82, 2.24) is 4.98 Å². The van der Waals surface area contributed by atoms with Crippen molar-refractivity contribution in [2.75, 3.05) is 5.32 Å². The number of pyridine rings is 1. The van der Waals surface area contributed by atoms with E-state index in [2.05, 4.69) is 26.2 Å². The summed E-state index contributed by atoms with van der Waals surface area (Å²) in [5.74, 6) is 1.74. The third-order valence-electron chi connectivity index (χ3n) is 1.75. The Morgan fingerprint density at radius 2 is 2.29 bits per heavy atom. The van der Waals surface area contributed by atoms with Gasteiger partial charge in [0.05, 0.1) is 12.8 Å². The first-order chi connectivity index (χ1) is 6.84. The first-order valence-electron chi connectivity index (χ1n) is 4.22. The van der Waals surface area contributed by atoms with Crippen LogP contribution in [0.3, 0.4) is 0 Å². The van der Waals surface area contributed by atoms with E-state index in [0.29, 0.717) is 6.54 Å². The lowest BCUT2D eigenvalue weighted by Crippen LogP contribution is -1.99. The Balaban J connectivity index is 1.95. The highest BCUT2D eigenvalue weighted by molar-refractivity contribution is 9.10. The van der Waals surface area contributed by atoms with E-state index in [1.54, 1.807) is 12.5 Å². The van der Waals surface area contributed by atoms with Crippen molar-refractivity contribution in [3.05, 3.63) is 47.0 Å². The molecule has 2 heterocycles. The first kappa shape index (κ1) is 9.27. The Kier molecular flexibility index (Phi) is 2.84. The highest BCUT2D eigenvalue weighted by Gasteiger charge is 1.96. The molecule has 0 saturated carbocycles. The molecule has 0 aliphatic heterocycles. The first-order valence-corrected chi connectivity index (χ1v) is 5.02. The molecule has 0 aromatic carbocycles. The Labute approximate surface area is 90.3 Å². The van der Waals surface area contributed by atoms with Gasteiger partial charge in [-0.15, -0.1) is 0 Å². The number of nitrogens with one attached hydrogen (secondary N) is 1. The quantitative estimate of drug-likeness (QED) is 0.913. The van der Waals surface area contributed by atoms with Gasteiger partial charge in [0.1, 0.15) is 11.6 Å². The zero-order chi connectivity index (χ0) is 9.80. The van der Waals surface area contributed by atoms with Crippen LogP contribution in [0.25, 0.3) is 0 Å². The molecule has 0 saturated heterocycles. The second-order valence-corrected chi connectivity index (χ2v) is 3.71. The number of aromatic nitrogens is 1. The highest BCUT2D eigenvalue weighted by atomic mass is 79.9. The molecule has 2 aromatic heterocycles. The summed E-state index contributed by atoms with van der Waals surface area (Å²) in [6.45, 7) is 0.654. The molecule has 3 nitrogen and oxygen atoms in total. The van der Waals surface area contributed by atoms with E-state index in [-0.39, 0.29) is 0 Å². The molecule has 4 heteroatoms. The van der Waals surface area contributed by atoms with Crippen molar-refractivity contribution in [2.45, 2.75) is 6.54 Å². The van der Waals surface area contributed by atoms with Gasteiger partial charge in [-0.2, -0.15) is 0 Å². The smallest absolute Gasteiger partial charge is 0.126 e. The predicted octanol–water partition coefficient (Wildman–Crippen LogP) is 3.05. The van der Waals surface area contributed by atoms with Crippen LogP contribution in [0.15, 0.2) is 45.6 Å². The molecule has 0 fully saturated rings. The highest BCUT2D eigenvalue weighted by Crippen LogP contribution is 2.11. The normalized spacial score (nSPS) is 10.1. The fourth-order valence-corrected chi connectivity index (χ4v) is 1.31. The van der Waals surface area contributed by atoms with Crippen LogP contribution in [0, 0.1) is 0 Å². The Hall–Kier alpha value is -1.29. The zero-order valence-electron chi connectivity index (χ0n) is 7.40. The fraction of sp³-hybridized carbons (Fsp3) is 0.100. The number of anilines is 1. The standard InChI is InChI=1S/C10H9BrN2O/c11-8-3-4-10(12-6-8)13-7-9-2-1-5-14-9/h1-6H,7H2,(H,12,13). The summed E-state index contributed by atoms with van der Waals surface area (Å²) in [5, 5.41) is 3.15. The van der Waals surface area contributed by atoms with Gasteiger partial charge in [-0.3, -0.25) is 0 Å². The lowest BCUT2D eigenvalue weighted by atomic mass is 10.4. The summed E-state index contributed by atoms with van der Waals surface area (Å²) in [6, 6.07) is 7.64. The minimum absolute atomic E-state index is 0.654. The van der Waals surface area contributed by atoms with Crippen molar-refractivity contribution in [1.29, 1.82) is 0 Å². The van der Waals surface area contributed by atoms with Crippen molar-refractivity contribution in [3.63, 3.8) is 0 Å². The van der Waals surface area contributed by atoms with Crippen molar-refractivity contribution in [3.8, 4) is 0 Å². The molecule has 0 aliphatic rings. The van der Waals surface area contributed by atoms with E-state index < -0.39 is 0 Å². The Bertz CT molecular complexity index is 383. The largest absolute Gasteiger partial charge is 0.467 e. The topological polar surface area (TPSA) is 38.1 Å². The van der Waals surface area contributed by atoms with E-state index in [4.69, 9.17) is 4.42 Å². The van der Waals surface area contributed by atoms with E-state index in [1.807, 2.05) is 24.3 Å². The number of hydrogen-bond donors (Lipinski definition) is 1. The maximum Gasteiger partial charge on any atom is 0.126 e. The van der Waals surface area contributed by atoms with Crippen LogP contribution in [0.4, 0.5) is 5.82 Å². The SMILES string of the molecule is Brc1ccc(NCc2ccco2)nc1. The van der Waals surface area contributed by atoms with Crippen LogP contribution >= 0.6 is 15.9 Å². The second-order valence-electron chi connectivity index (χ2n) is 2.79. The van der Waals surface area contributed by atoms with Crippen molar-refractivity contribution >= 4 is 21.7 Å². The summed E-state index contributed by atoms with van der Waals surface area (Å²) in [5.41, 5.74) is 0.